The predicted octanol–water partition coefficient (Wildman–Crippen LogP) is 5.51. The van der Waals surface area contributed by atoms with Crippen molar-refractivity contribution < 1.29 is 38.9 Å². The van der Waals surface area contributed by atoms with Gasteiger partial charge >= 0.3 is 0 Å². The summed E-state index contributed by atoms with van der Waals surface area (Å²) in [6.45, 7) is 2.26. The first kappa shape index (κ1) is 37.8. The van der Waals surface area contributed by atoms with Crippen LogP contribution in [0.5, 0.6) is 11.5 Å². The quantitative estimate of drug-likeness (QED) is 0.131. The van der Waals surface area contributed by atoms with Crippen molar-refractivity contribution in [2.45, 2.75) is 44.4 Å². The molecule has 6 rings (SSSR count). The zero-order chi connectivity index (χ0) is 38.4. The van der Waals surface area contributed by atoms with E-state index in [1.807, 2.05) is 6.07 Å². The van der Waals surface area contributed by atoms with Crippen LogP contribution in [0.4, 0.5) is 17.1 Å². The molecule has 4 N–H and O–H groups in total. The zero-order valence-electron chi connectivity index (χ0n) is 30.5. The Morgan fingerprint density at radius 1 is 0.889 bits per heavy atom. The lowest BCUT2D eigenvalue weighted by Gasteiger charge is -2.28. The van der Waals surface area contributed by atoms with Crippen LogP contribution in [0.15, 0.2) is 103 Å². The molecule has 2 heterocycles. The Labute approximate surface area is 314 Å². The van der Waals surface area contributed by atoms with Crippen LogP contribution in [0, 0.1) is 5.92 Å². The van der Waals surface area contributed by atoms with Crippen molar-refractivity contribution in [1.82, 2.24) is 4.90 Å². The number of likely N-dealkylation sites (tertiary alicyclic amines) is 1. The van der Waals surface area contributed by atoms with Crippen molar-refractivity contribution in [2.75, 3.05) is 42.9 Å². The van der Waals surface area contributed by atoms with E-state index in [-0.39, 0.29) is 43.3 Å². The number of anilines is 3. The maximum atomic E-state index is 14.4. The molecule has 12 nitrogen and oxygen atoms in total. The number of carbonyl (C=O) groups excluding carboxylic acids is 4. The molecule has 0 aliphatic carbocycles. The highest BCUT2D eigenvalue weighted by Gasteiger charge is 2.52. The molecule has 2 aliphatic rings. The topological polar surface area (TPSA) is 158 Å². The number of carbonyl (C=O) groups is 4. The summed E-state index contributed by atoms with van der Waals surface area (Å²) in [6, 6.07) is 25.2. The number of hydrogen-bond acceptors (Lipinski definition) is 8. The Bertz CT molecular complexity index is 2050. The van der Waals surface area contributed by atoms with Gasteiger partial charge < -0.3 is 40.1 Å². The third-order valence-electron chi connectivity index (χ3n) is 10.0. The number of aliphatic hydroxyl groups excluding tert-OH is 1. The first-order valence-corrected chi connectivity index (χ1v) is 17.8. The zero-order valence-corrected chi connectivity index (χ0v) is 30.5. The number of benzene rings is 4. The number of nitrogens with one attached hydrogen (secondary N) is 2. The highest BCUT2D eigenvalue weighted by molar-refractivity contribution is 6.09. The average Bonchev–Trinajstić information content (AvgIpc) is 3.76. The van der Waals surface area contributed by atoms with Gasteiger partial charge in [-0.25, -0.2) is 0 Å². The summed E-state index contributed by atoms with van der Waals surface area (Å²) in [4.78, 5) is 56.7. The molecule has 0 aromatic heterocycles. The summed E-state index contributed by atoms with van der Waals surface area (Å²) in [5.41, 5.74) is 1.14. The second-order valence-corrected chi connectivity index (χ2v) is 13.4. The van der Waals surface area contributed by atoms with Crippen LogP contribution < -0.4 is 25.0 Å². The minimum atomic E-state index is -2.04. The van der Waals surface area contributed by atoms with Gasteiger partial charge in [-0.1, -0.05) is 31.2 Å². The van der Waals surface area contributed by atoms with Gasteiger partial charge in [-0.15, -0.1) is 0 Å². The third-order valence-corrected chi connectivity index (χ3v) is 10.0. The third kappa shape index (κ3) is 7.85. The van der Waals surface area contributed by atoms with Crippen LogP contribution in [-0.2, 0) is 21.7 Å². The molecule has 3 atom stereocenters. The minimum absolute atomic E-state index is 0.0503. The fourth-order valence-corrected chi connectivity index (χ4v) is 6.99. The molecule has 1 fully saturated rings. The number of aliphatic hydroxyl groups is 2. The smallest absolute Gasteiger partial charge is 0.264 e. The van der Waals surface area contributed by atoms with Crippen LogP contribution in [0.25, 0.3) is 0 Å². The lowest BCUT2D eigenvalue weighted by atomic mass is 9.82. The maximum Gasteiger partial charge on any atom is 0.264 e. The molecule has 4 amide bonds. The van der Waals surface area contributed by atoms with Crippen LogP contribution in [0.3, 0.4) is 0 Å². The van der Waals surface area contributed by atoms with Crippen molar-refractivity contribution in [2.24, 2.45) is 5.92 Å². The van der Waals surface area contributed by atoms with Crippen molar-refractivity contribution in [3.05, 3.63) is 125 Å². The van der Waals surface area contributed by atoms with E-state index in [0.29, 0.717) is 57.4 Å². The van der Waals surface area contributed by atoms with E-state index in [2.05, 4.69) is 10.6 Å². The molecule has 12 heteroatoms. The van der Waals surface area contributed by atoms with Gasteiger partial charge in [-0.05, 0) is 97.3 Å². The Morgan fingerprint density at radius 3 is 2.09 bits per heavy atom. The summed E-state index contributed by atoms with van der Waals surface area (Å²) in [6.07, 6.45) is 4.93. The summed E-state index contributed by atoms with van der Waals surface area (Å²) in [5.74, 6) is -0.951. The molecule has 0 radical (unpaired) electrons. The van der Waals surface area contributed by atoms with Crippen molar-refractivity contribution in [3.63, 3.8) is 0 Å². The Hall–Kier alpha value is -5.98. The largest absolute Gasteiger partial charge is 0.497 e. The van der Waals surface area contributed by atoms with Crippen molar-refractivity contribution in [3.8, 4) is 11.5 Å². The van der Waals surface area contributed by atoms with Crippen LogP contribution >= 0.6 is 0 Å². The molecule has 2 aliphatic heterocycles. The molecule has 280 valence electrons. The number of methoxy groups -OCH3 is 2. The average molecular weight is 733 g/mol. The van der Waals surface area contributed by atoms with Gasteiger partial charge in [0.15, 0.2) is 5.60 Å². The number of nitrogens with zero attached hydrogens (tertiary/aromatic N) is 2. The first-order valence-electron chi connectivity index (χ1n) is 17.8. The van der Waals surface area contributed by atoms with Gasteiger partial charge in [0.05, 0.1) is 39.1 Å². The number of hydrogen-bond donors (Lipinski definition) is 4. The molecule has 0 unspecified atom stereocenters. The summed E-state index contributed by atoms with van der Waals surface area (Å²) in [7, 11) is 3.09. The predicted molar refractivity (Wildman–Crippen MR) is 205 cm³/mol. The van der Waals surface area contributed by atoms with Crippen LogP contribution in [0.1, 0.15) is 58.0 Å². The second-order valence-electron chi connectivity index (χ2n) is 13.4. The molecular formula is C42H44N4O8. The fraction of sp³-hybridized carbons (Fsp3) is 0.286. The molecule has 0 saturated carbocycles. The van der Waals surface area contributed by atoms with Crippen LogP contribution in [0.2, 0.25) is 0 Å². The normalized spacial score (nSPS) is 18.4. The molecule has 54 heavy (non-hydrogen) atoms. The number of ether oxygens (including phenoxy) is 2. The SMILES string of the molecule is COc1ccc(C(=O)Nc2cccc(CN3C(=O)[C@@](O)([C@@H](C)/C=C/CC(=O)N4CCC[C@H]4CO)c4cc(NC(=O)c5ccc(OC)cc5)ccc43)c2)cc1. The minimum Gasteiger partial charge on any atom is -0.497 e. The highest BCUT2D eigenvalue weighted by Crippen LogP contribution is 2.47. The maximum absolute atomic E-state index is 14.4. The van der Waals surface area contributed by atoms with Gasteiger partial charge in [0.25, 0.3) is 17.7 Å². The molecule has 1 saturated heterocycles. The van der Waals surface area contributed by atoms with Crippen LogP contribution in [-0.4, -0.2) is 72.2 Å². The number of amides is 4. The number of fused-ring (bicyclic) bond motifs is 1. The monoisotopic (exact) mass is 732 g/mol. The Morgan fingerprint density at radius 2 is 1.50 bits per heavy atom. The van der Waals surface area contributed by atoms with Gasteiger partial charge in [-0.3, -0.25) is 19.2 Å². The molecule has 4 aromatic rings. The van der Waals surface area contributed by atoms with Gasteiger partial charge in [0, 0.05) is 46.9 Å². The van der Waals surface area contributed by atoms with Crippen molar-refractivity contribution >= 4 is 40.7 Å². The molecule has 0 spiro atoms. The van der Waals surface area contributed by atoms with Gasteiger partial charge in [0.2, 0.25) is 5.91 Å². The number of rotatable bonds is 13. The van der Waals surface area contributed by atoms with E-state index in [1.54, 1.807) is 116 Å². The Balaban J connectivity index is 1.26. The molecule has 0 bridgehead atoms. The molecule has 4 aromatic carbocycles. The second kappa shape index (κ2) is 16.4. The van der Waals surface area contributed by atoms with E-state index in [0.717, 1.165) is 12.8 Å². The highest BCUT2D eigenvalue weighted by atomic mass is 16.5. The lowest BCUT2D eigenvalue weighted by molar-refractivity contribution is -0.139. The summed E-state index contributed by atoms with van der Waals surface area (Å²) >= 11 is 0. The van der Waals surface area contributed by atoms with E-state index < -0.39 is 17.4 Å². The van der Waals surface area contributed by atoms with E-state index in [1.165, 1.54) is 12.0 Å². The summed E-state index contributed by atoms with van der Waals surface area (Å²) < 4.78 is 10.4. The molecular weight excluding hydrogens is 688 g/mol. The summed E-state index contributed by atoms with van der Waals surface area (Å²) in [5, 5.41) is 27.8. The van der Waals surface area contributed by atoms with Gasteiger partial charge in [0.1, 0.15) is 11.5 Å². The van der Waals surface area contributed by atoms with E-state index >= 15 is 0 Å². The Kier molecular flexibility index (Phi) is 11.4. The van der Waals surface area contributed by atoms with E-state index in [4.69, 9.17) is 9.47 Å². The lowest BCUT2D eigenvalue weighted by Crippen LogP contribution is -2.44. The van der Waals surface area contributed by atoms with Gasteiger partial charge in [-0.2, -0.15) is 0 Å². The standard InChI is InChI=1S/C42H44N4O8/c1-27(7-4-11-38(48)45-22-6-10-33(45)26-47)42(52)36-24-32(44-40(50)30-14-19-35(54-3)20-15-30)16-21-37(36)46(41(42)51)25-28-8-5-9-31(23-28)43-39(49)29-12-17-34(53-2)18-13-29/h4-5,7-9,12-21,23-24,27,33,47,52H,6,10-11,22,25-26H2,1-3H3,(H,43,49)(H,44,50)/b7-4+/t27-,33-,42+/m0/s1. The van der Waals surface area contributed by atoms with Crippen molar-refractivity contribution in [1.29, 1.82) is 0 Å². The first-order chi connectivity index (χ1) is 26.0. The fourth-order valence-electron chi connectivity index (χ4n) is 6.99. The van der Waals surface area contributed by atoms with E-state index in [9.17, 15) is 29.4 Å².